The van der Waals surface area contributed by atoms with Gasteiger partial charge in [0, 0.05) is 6.54 Å². The van der Waals surface area contributed by atoms with Crippen LogP contribution in [0.3, 0.4) is 0 Å². The van der Waals surface area contributed by atoms with Crippen LogP contribution >= 0.6 is 0 Å². The van der Waals surface area contributed by atoms with E-state index in [2.05, 4.69) is 30.7 Å². The highest BCUT2D eigenvalue weighted by Crippen LogP contribution is 2.03. The summed E-state index contributed by atoms with van der Waals surface area (Å²) < 4.78 is 22.5. The number of hydrogen-bond donors (Lipinski definition) is 2. The molecule has 0 atom stereocenters. The van der Waals surface area contributed by atoms with E-state index in [4.69, 9.17) is 0 Å². The molecule has 0 aliphatic heterocycles. The second-order valence-corrected chi connectivity index (χ2v) is 5.42. The van der Waals surface area contributed by atoms with Crippen molar-refractivity contribution in [2.45, 2.75) is 52.4 Å². The molecule has 4 heteroatoms. The van der Waals surface area contributed by atoms with E-state index in [9.17, 15) is 8.42 Å². The van der Waals surface area contributed by atoms with Gasteiger partial charge in [-0.05, 0) is 13.3 Å². The molecule has 0 saturated heterocycles. The zero-order valence-corrected chi connectivity index (χ0v) is 13.0. The minimum absolute atomic E-state index is 0.602. The molecule has 0 heterocycles. The molecule has 3 nitrogen and oxygen atoms in total. The quantitative estimate of drug-likeness (QED) is 0.567. The third-order valence-corrected chi connectivity index (χ3v) is 3.19. The lowest BCUT2D eigenvalue weighted by molar-refractivity contribution is 0.582. The number of thiol groups is 1. The number of benzene rings is 1. The van der Waals surface area contributed by atoms with Crippen molar-refractivity contribution in [3.63, 3.8) is 0 Å². The van der Waals surface area contributed by atoms with Crippen molar-refractivity contribution in [3.8, 4) is 0 Å². The van der Waals surface area contributed by atoms with E-state index >= 15 is 0 Å². The van der Waals surface area contributed by atoms with Crippen molar-refractivity contribution < 1.29 is 8.42 Å². The monoisotopic (exact) mass is 285 g/mol. The molecule has 0 unspecified atom stereocenters. The molecule has 0 radical (unpaired) electrons. The first kappa shape index (κ1) is 18.1. The van der Waals surface area contributed by atoms with Gasteiger partial charge in [-0.3, -0.25) is 0 Å². The molecule has 0 saturated carbocycles. The van der Waals surface area contributed by atoms with Crippen LogP contribution in [0.15, 0.2) is 30.3 Å². The lowest BCUT2D eigenvalue weighted by Gasteiger charge is -1.98. The minimum Gasteiger partial charge on any atom is -0.218 e. The summed E-state index contributed by atoms with van der Waals surface area (Å²) in [6.07, 6.45) is 7.16. The fourth-order valence-corrected chi connectivity index (χ4v) is 1.95. The Morgan fingerprint density at radius 2 is 1.53 bits per heavy atom. The molecule has 1 N–H and O–H groups in total. The summed E-state index contributed by atoms with van der Waals surface area (Å²) in [4.78, 5) is 0. The van der Waals surface area contributed by atoms with Gasteiger partial charge in [0.2, 0.25) is 10.9 Å². The summed E-state index contributed by atoms with van der Waals surface area (Å²) in [6, 6.07) is 10.3. The molecule has 0 aromatic heterocycles. The molecule has 0 spiro atoms. The van der Waals surface area contributed by atoms with Gasteiger partial charge in [-0.2, -0.15) is 0 Å². The van der Waals surface area contributed by atoms with E-state index in [0.29, 0.717) is 6.54 Å². The molecular formula is C15H27NO2S. The average molecular weight is 285 g/mol. The lowest BCUT2D eigenvalue weighted by atomic mass is 10.1. The normalized spacial score (nSPS) is 10.1. The van der Waals surface area contributed by atoms with Crippen molar-refractivity contribution >= 4 is 10.9 Å². The van der Waals surface area contributed by atoms with Crippen LogP contribution in [0.25, 0.3) is 0 Å². The first-order valence-corrected chi connectivity index (χ1v) is 8.24. The van der Waals surface area contributed by atoms with E-state index in [0.717, 1.165) is 12.8 Å². The second-order valence-electron chi connectivity index (χ2n) is 4.59. The fraction of sp³-hybridized carbons (Fsp3) is 0.600. The Bertz CT molecular complexity index is 356. The van der Waals surface area contributed by atoms with Crippen molar-refractivity contribution in [2.24, 2.45) is 0 Å². The Labute approximate surface area is 119 Å². The van der Waals surface area contributed by atoms with Crippen molar-refractivity contribution in [3.05, 3.63) is 35.9 Å². The van der Waals surface area contributed by atoms with Crippen LogP contribution in [-0.2, 0) is 10.9 Å². The molecule has 0 amide bonds. The molecule has 0 bridgehead atoms. The summed E-state index contributed by atoms with van der Waals surface area (Å²) in [5.74, 6) is 0. The molecule has 1 aromatic rings. The van der Waals surface area contributed by atoms with Gasteiger partial charge in [0.25, 0.3) is 0 Å². The number of rotatable bonds is 8. The number of unbranched alkanes of at least 4 members (excludes halogenated alkanes) is 5. The Kier molecular flexibility index (Phi) is 12.9. The van der Waals surface area contributed by atoms with Crippen LogP contribution in [0, 0.1) is 6.92 Å². The van der Waals surface area contributed by atoms with Crippen LogP contribution in [0.5, 0.6) is 0 Å². The molecule has 110 valence electrons. The highest BCUT2D eigenvalue weighted by atomic mass is 32.2. The number of nitrogens with one attached hydrogen (secondary N) is 1. The zero-order chi connectivity index (χ0) is 14.3. The second kappa shape index (κ2) is 13.6. The maximum Gasteiger partial charge on any atom is 0.201 e. The first-order valence-electron chi connectivity index (χ1n) is 7.06. The third-order valence-electron chi connectivity index (χ3n) is 2.71. The Hall–Kier alpha value is -0.870. The van der Waals surface area contributed by atoms with E-state index < -0.39 is 10.9 Å². The van der Waals surface area contributed by atoms with E-state index in [-0.39, 0.29) is 0 Å². The van der Waals surface area contributed by atoms with E-state index in [1.54, 1.807) is 0 Å². The maximum absolute atomic E-state index is 10.1. The topological polar surface area (TPSA) is 46.2 Å². The third kappa shape index (κ3) is 15.1. The van der Waals surface area contributed by atoms with Gasteiger partial charge in [-0.25, -0.2) is 13.1 Å². The van der Waals surface area contributed by atoms with Gasteiger partial charge in [-0.1, -0.05) is 74.9 Å². The standard InChI is InChI=1S/C8H19NO2S.C7H8/c1-2-3-4-5-6-7-8-9-12(10)11;1-7-5-3-2-4-6-7/h12H,2-8H2,1H3,(H,9,10,11);2-6H,1H3. The van der Waals surface area contributed by atoms with Gasteiger partial charge in [0.05, 0.1) is 0 Å². The summed E-state index contributed by atoms with van der Waals surface area (Å²) in [7, 11) is -2.38. The SMILES string of the molecule is CCCCCCCCN[SH](=O)=O.Cc1ccccc1. The van der Waals surface area contributed by atoms with Crippen LogP contribution in [-0.4, -0.2) is 15.0 Å². The van der Waals surface area contributed by atoms with Crippen molar-refractivity contribution in [1.82, 2.24) is 4.72 Å². The van der Waals surface area contributed by atoms with Crippen molar-refractivity contribution in [1.29, 1.82) is 0 Å². The summed E-state index contributed by atoms with van der Waals surface area (Å²) in [5, 5.41) is 0. The van der Waals surface area contributed by atoms with Gasteiger partial charge in [0.15, 0.2) is 0 Å². The van der Waals surface area contributed by atoms with Gasteiger partial charge in [0.1, 0.15) is 0 Å². The van der Waals surface area contributed by atoms with Crippen LogP contribution in [0.1, 0.15) is 51.0 Å². The highest BCUT2D eigenvalue weighted by Gasteiger charge is 1.89. The summed E-state index contributed by atoms with van der Waals surface area (Å²) in [6.45, 7) is 4.87. The highest BCUT2D eigenvalue weighted by molar-refractivity contribution is 7.70. The zero-order valence-electron chi connectivity index (χ0n) is 12.1. The molecule has 0 aliphatic carbocycles. The largest absolute Gasteiger partial charge is 0.218 e. The molecular weight excluding hydrogens is 258 g/mol. The Morgan fingerprint density at radius 3 is 2.00 bits per heavy atom. The molecule has 1 aromatic carbocycles. The van der Waals surface area contributed by atoms with Crippen LogP contribution in [0.4, 0.5) is 0 Å². The lowest BCUT2D eigenvalue weighted by Crippen LogP contribution is -2.12. The smallest absolute Gasteiger partial charge is 0.201 e. The fourth-order valence-electron chi connectivity index (χ4n) is 1.61. The van der Waals surface area contributed by atoms with Gasteiger partial charge < -0.3 is 0 Å². The average Bonchev–Trinajstić information content (AvgIpc) is 2.39. The summed E-state index contributed by atoms with van der Waals surface area (Å²) in [5.41, 5.74) is 1.32. The Balaban J connectivity index is 0.000000388. The first-order chi connectivity index (χ1) is 9.16. The number of hydrogen-bond acceptors (Lipinski definition) is 2. The molecule has 19 heavy (non-hydrogen) atoms. The van der Waals surface area contributed by atoms with Crippen LogP contribution in [0.2, 0.25) is 0 Å². The van der Waals surface area contributed by atoms with Crippen LogP contribution < -0.4 is 4.72 Å². The Morgan fingerprint density at radius 1 is 0.947 bits per heavy atom. The predicted octanol–water partition coefficient (Wildman–Crippen LogP) is 3.46. The summed E-state index contributed by atoms with van der Waals surface area (Å²) >= 11 is 0. The minimum atomic E-state index is -2.38. The molecule has 0 aliphatic rings. The molecule has 1 rings (SSSR count). The number of aryl methyl sites for hydroxylation is 1. The van der Waals surface area contributed by atoms with Crippen molar-refractivity contribution in [2.75, 3.05) is 6.54 Å². The van der Waals surface area contributed by atoms with Gasteiger partial charge >= 0.3 is 0 Å². The van der Waals surface area contributed by atoms with E-state index in [1.165, 1.54) is 31.2 Å². The van der Waals surface area contributed by atoms with Gasteiger partial charge in [-0.15, -0.1) is 0 Å². The maximum atomic E-state index is 10.1. The molecule has 0 fully saturated rings. The predicted molar refractivity (Wildman–Crippen MR) is 82.9 cm³/mol. The van der Waals surface area contributed by atoms with E-state index in [1.807, 2.05) is 18.2 Å².